The van der Waals surface area contributed by atoms with Gasteiger partial charge in [-0.1, -0.05) is 39.0 Å². The highest BCUT2D eigenvalue weighted by molar-refractivity contribution is 5.84. The highest BCUT2D eigenvalue weighted by atomic mass is 16.5. The molecular weight excluding hydrogens is 260 g/mol. The Morgan fingerprint density at radius 3 is 2.76 bits per heavy atom. The molecule has 0 amide bonds. The minimum atomic E-state index is 0.542. The van der Waals surface area contributed by atoms with Crippen LogP contribution in [0.3, 0.4) is 0 Å². The number of fused-ring (bicyclic) bond motifs is 1. The molecular formula is C18H28N2O. The number of nitrogens with one attached hydrogen (secondary N) is 1. The fraction of sp³-hybridized carbons (Fsp3) is 0.556. The van der Waals surface area contributed by atoms with Gasteiger partial charge in [0.2, 0.25) is 0 Å². The fourth-order valence-electron chi connectivity index (χ4n) is 2.61. The first-order valence-electron chi connectivity index (χ1n) is 8.10. The van der Waals surface area contributed by atoms with Crippen LogP contribution in [0.25, 0.3) is 10.9 Å². The molecule has 0 bridgehead atoms. The molecule has 1 N–H and O–H groups in total. The summed E-state index contributed by atoms with van der Waals surface area (Å²) in [6.07, 6.45) is 4.45. The predicted octanol–water partition coefficient (Wildman–Crippen LogP) is 3.61. The van der Waals surface area contributed by atoms with Crippen molar-refractivity contribution in [3.63, 3.8) is 0 Å². The van der Waals surface area contributed by atoms with Crippen LogP contribution in [-0.2, 0) is 17.7 Å². The lowest BCUT2D eigenvalue weighted by molar-refractivity contribution is 0.127. The van der Waals surface area contributed by atoms with Gasteiger partial charge in [-0.15, -0.1) is 0 Å². The molecule has 0 unspecified atom stereocenters. The van der Waals surface area contributed by atoms with Crippen LogP contribution in [0.15, 0.2) is 30.5 Å². The monoisotopic (exact) mass is 288 g/mol. The molecule has 3 heteroatoms. The lowest BCUT2D eigenvalue weighted by Gasteiger charge is -2.07. The van der Waals surface area contributed by atoms with Gasteiger partial charge in [0, 0.05) is 36.3 Å². The minimum absolute atomic E-state index is 0.542. The van der Waals surface area contributed by atoms with E-state index in [1.54, 1.807) is 0 Å². The van der Waals surface area contributed by atoms with Crippen molar-refractivity contribution in [2.24, 2.45) is 0 Å². The third-order valence-electron chi connectivity index (χ3n) is 3.64. The van der Waals surface area contributed by atoms with E-state index < -0.39 is 0 Å². The number of rotatable bonds is 9. The second-order valence-corrected chi connectivity index (χ2v) is 5.84. The van der Waals surface area contributed by atoms with Gasteiger partial charge in [0.05, 0.1) is 6.61 Å². The van der Waals surface area contributed by atoms with Crippen LogP contribution in [-0.4, -0.2) is 30.4 Å². The zero-order valence-corrected chi connectivity index (χ0v) is 13.6. The van der Waals surface area contributed by atoms with Crippen molar-refractivity contribution in [3.8, 4) is 0 Å². The zero-order chi connectivity index (χ0) is 15.1. The summed E-state index contributed by atoms with van der Waals surface area (Å²) in [6.45, 7) is 10.1. The Morgan fingerprint density at radius 2 is 2.00 bits per heavy atom. The summed E-state index contributed by atoms with van der Waals surface area (Å²) in [7, 11) is 0. The highest BCUT2D eigenvalue weighted by Crippen LogP contribution is 2.21. The number of hydrogen-bond donors (Lipinski definition) is 1. The summed E-state index contributed by atoms with van der Waals surface area (Å²) in [5.41, 5.74) is 2.74. The summed E-state index contributed by atoms with van der Waals surface area (Å²) in [4.78, 5) is 0. The van der Waals surface area contributed by atoms with E-state index in [1.165, 1.54) is 16.5 Å². The maximum absolute atomic E-state index is 5.62. The Balaban J connectivity index is 2.06. The number of benzene rings is 1. The summed E-state index contributed by atoms with van der Waals surface area (Å²) in [5, 5.41) is 4.87. The molecule has 2 aromatic rings. The molecule has 0 aliphatic rings. The zero-order valence-electron chi connectivity index (χ0n) is 13.6. The van der Waals surface area contributed by atoms with Crippen molar-refractivity contribution in [2.75, 3.05) is 19.8 Å². The number of ether oxygens (including phenoxy) is 1. The lowest BCUT2D eigenvalue weighted by atomic mass is 10.1. The van der Waals surface area contributed by atoms with Gasteiger partial charge in [-0.2, -0.15) is 0 Å². The topological polar surface area (TPSA) is 26.2 Å². The van der Waals surface area contributed by atoms with Crippen LogP contribution < -0.4 is 5.32 Å². The summed E-state index contributed by atoms with van der Waals surface area (Å²) in [6, 6.07) is 9.21. The van der Waals surface area contributed by atoms with Crippen molar-refractivity contribution in [3.05, 3.63) is 36.0 Å². The normalized spacial score (nSPS) is 11.6. The van der Waals surface area contributed by atoms with Crippen molar-refractivity contribution in [1.82, 2.24) is 9.88 Å². The van der Waals surface area contributed by atoms with Gasteiger partial charge in [-0.05, 0) is 31.0 Å². The molecule has 0 saturated carbocycles. The number of hydrogen-bond acceptors (Lipinski definition) is 2. The second kappa shape index (κ2) is 8.20. The van der Waals surface area contributed by atoms with Gasteiger partial charge in [0.15, 0.2) is 0 Å². The standard InChI is InChI=1S/C18H28N2O/c1-4-12-21-13-11-20-14-16(9-10-19-15(2)3)17-7-5-6-8-18(17)20/h5-8,14-15,19H,4,9-13H2,1-3H3. The van der Waals surface area contributed by atoms with Crippen LogP contribution in [0.2, 0.25) is 0 Å². The van der Waals surface area contributed by atoms with Crippen LogP contribution in [0.4, 0.5) is 0 Å². The van der Waals surface area contributed by atoms with Gasteiger partial charge < -0.3 is 14.6 Å². The number of para-hydroxylation sites is 1. The molecule has 1 heterocycles. The van der Waals surface area contributed by atoms with E-state index in [1.807, 2.05) is 0 Å². The molecule has 2 rings (SSSR count). The molecule has 0 radical (unpaired) electrons. The van der Waals surface area contributed by atoms with E-state index >= 15 is 0 Å². The van der Waals surface area contributed by atoms with Gasteiger partial charge in [-0.3, -0.25) is 0 Å². The Morgan fingerprint density at radius 1 is 1.19 bits per heavy atom. The summed E-state index contributed by atoms with van der Waals surface area (Å²) in [5.74, 6) is 0. The van der Waals surface area contributed by atoms with E-state index in [0.29, 0.717) is 6.04 Å². The van der Waals surface area contributed by atoms with Gasteiger partial charge in [0.25, 0.3) is 0 Å². The van der Waals surface area contributed by atoms with Crippen molar-refractivity contribution < 1.29 is 4.74 Å². The van der Waals surface area contributed by atoms with Gasteiger partial charge >= 0.3 is 0 Å². The average Bonchev–Trinajstić information content (AvgIpc) is 2.82. The van der Waals surface area contributed by atoms with E-state index in [4.69, 9.17) is 4.74 Å². The van der Waals surface area contributed by atoms with Crippen molar-refractivity contribution >= 4 is 10.9 Å². The van der Waals surface area contributed by atoms with Crippen LogP contribution in [0, 0.1) is 0 Å². The molecule has 0 saturated heterocycles. The van der Waals surface area contributed by atoms with Crippen molar-refractivity contribution in [1.29, 1.82) is 0 Å². The molecule has 0 spiro atoms. The number of aromatic nitrogens is 1. The van der Waals surface area contributed by atoms with Crippen molar-refractivity contribution in [2.45, 2.75) is 46.2 Å². The van der Waals surface area contributed by atoms with Crippen LogP contribution in [0.5, 0.6) is 0 Å². The Hall–Kier alpha value is -1.32. The third kappa shape index (κ3) is 4.58. The molecule has 3 nitrogen and oxygen atoms in total. The molecule has 116 valence electrons. The SMILES string of the molecule is CCCOCCn1cc(CCNC(C)C)c2ccccc21. The Kier molecular flexibility index (Phi) is 6.27. The molecule has 0 fully saturated rings. The first-order valence-corrected chi connectivity index (χ1v) is 8.10. The van der Waals surface area contributed by atoms with Gasteiger partial charge in [-0.25, -0.2) is 0 Å². The summed E-state index contributed by atoms with van der Waals surface area (Å²) < 4.78 is 7.95. The highest BCUT2D eigenvalue weighted by Gasteiger charge is 2.07. The van der Waals surface area contributed by atoms with E-state index in [9.17, 15) is 0 Å². The predicted molar refractivity (Wildman–Crippen MR) is 89.9 cm³/mol. The third-order valence-corrected chi connectivity index (χ3v) is 3.64. The minimum Gasteiger partial charge on any atom is -0.380 e. The lowest BCUT2D eigenvalue weighted by Crippen LogP contribution is -2.24. The van der Waals surface area contributed by atoms with E-state index in [-0.39, 0.29) is 0 Å². The largest absolute Gasteiger partial charge is 0.380 e. The Bertz CT molecular complexity index is 545. The van der Waals surface area contributed by atoms with E-state index in [2.05, 4.69) is 61.1 Å². The van der Waals surface area contributed by atoms with Gasteiger partial charge in [0.1, 0.15) is 0 Å². The second-order valence-electron chi connectivity index (χ2n) is 5.84. The molecule has 1 aromatic carbocycles. The maximum atomic E-state index is 5.62. The number of nitrogens with zero attached hydrogens (tertiary/aromatic N) is 1. The van der Waals surface area contributed by atoms with Crippen LogP contribution >= 0.6 is 0 Å². The molecule has 0 aliphatic heterocycles. The Labute approximate surface area is 128 Å². The smallest absolute Gasteiger partial charge is 0.0645 e. The van der Waals surface area contributed by atoms with E-state index in [0.717, 1.165) is 39.1 Å². The molecule has 0 atom stereocenters. The maximum Gasteiger partial charge on any atom is 0.0645 e. The first-order chi connectivity index (χ1) is 10.2. The van der Waals surface area contributed by atoms with Crippen LogP contribution in [0.1, 0.15) is 32.8 Å². The molecule has 21 heavy (non-hydrogen) atoms. The molecule has 0 aliphatic carbocycles. The summed E-state index contributed by atoms with van der Waals surface area (Å²) >= 11 is 0. The molecule has 1 aromatic heterocycles. The first kappa shape index (κ1) is 16.1. The quantitative estimate of drug-likeness (QED) is 0.713. The fourth-order valence-corrected chi connectivity index (χ4v) is 2.61. The average molecular weight is 288 g/mol.